The van der Waals surface area contributed by atoms with Crippen molar-refractivity contribution >= 4 is 31.8 Å². The van der Waals surface area contributed by atoms with E-state index >= 15 is 0 Å². The first kappa shape index (κ1) is 12.8. The summed E-state index contributed by atoms with van der Waals surface area (Å²) in [5.74, 6) is 0.392. The number of nitrogens with zero attached hydrogens (tertiary/aromatic N) is 1. The molecule has 0 spiro atoms. The molecule has 0 amide bonds. The highest BCUT2D eigenvalue weighted by Crippen LogP contribution is 2.26. The van der Waals surface area contributed by atoms with Crippen LogP contribution in [0, 0.1) is 0 Å². The molecule has 2 N–H and O–H groups in total. The summed E-state index contributed by atoms with van der Waals surface area (Å²) in [7, 11) is -3.48. The lowest BCUT2D eigenvalue weighted by Crippen LogP contribution is -2.27. The number of halogens is 1. The Morgan fingerprint density at radius 3 is 2.82 bits per heavy atom. The SMILES string of the molecule is CCNc1ncc(Br)cc1S(=O)(=O)NC1CC1. The normalized spacial score (nSPS) is 15.9. The molecule has 7 heteroatoms. The second-order valence-electron chi connectivity index (χ2n) is 3.93. The average molecular weight is 320 g/mol. The summed E-state index contributed by atoms with van der Waals surface area (Å²) in [4.78, 5) is 4.28. The smallest absolute Gasteiger partial charge is 0.244 e. The number of hydrogen-bond donors (Lipinski definition) is 2. The van der Waals surface area contributed by atoms with Crippen LogP contribution >= 0.6 is 15.9 Å². The second-order valence-corrected chi connectivity index (χ2v) is 6.52. The van der Waals surface area contributed by atoms with Gasteiger partial charge in [0.1, 0.15) is 10.7 Å². The van der Waals surface area contributed by atoms with Crippen LogP contribution in [0.4, 0.5) is 5.82 Å². The maximum Gasteiger partial charge on any atom is 0.244 e. The standard InChI is InChI=1S/C10H14BrN3O2S/c1-2-12-10-9(5-7(11)6-13-10)17(15,16)14-8-3-4-8/h5-6,8,14H,2-4H2,1H3,(H,12,13). The quantitative estimate of drug-likeness (QED) is 0.866. The van der Waals surface area contributed by atoms with Gasteiger partial charge in [-0.15, -0.1) is 0 Å². The molecule has 17 heavy (non-hydrogen) atoms. The van der Waals surface area contributed by atoms with Crippen LogP contribution in [0.1, 0.15) is 19.8 Å². The first-order chi connectivity index (χ1) is 8.03. The second kappa shape index (κ2) is 4.91. The van der Waals surface area contributed by atoms with Gasteiger partial charge in [-0.25, -0.2) is 18.1 Å². The molecule has 1 aliphatic rings. The highest BCUT2D eigenvalue weighted by Gasteiger charge is 2.29. The predicted molar refractivity (Wildman–Crippen MR) is 69.4 cm³/mol. The van der Waals surface area contributed by atoms with Gasteiger partial charge < -0.3 is 5.32 Å². The summed E-state index contributed by atoms with van der Waals surface area (Å²) >= 11 is 3.24. The number of rotatable bonds is 5. The molecule has 0 aromatic carbocycles. The van der Waals surface area contributed by atoms with E-state index in [-0.39, 0.29) is 10.9 Å². The molecule has 94 valence electrons. The molecule has 1 fully saturated rings. The maximum atomic E-state index is 12.1. The molecule has 1 aromatic heterocycles. The number of anilines is 1. The van der Waals surface area contributed by atoms with Gasteiger partial charge in [-0.2, -0.15) is 0 Å². The molecule has 1 aliphatic carbocycles. The molecular formula is C10H14BrN3O2S. The van der Waals surface area contributed by atoms with Crippen LogP contribution in [0.5, 0.6) is 0 Å². The fourth-order valence-corrected chi connectivity index (χ4v) is 3.36. The summed E-state index contributed by atoms with van der Waals surface area (Å²) in [6.07, 6.45) is 3.41. The molecule has 0 radical (unpaired) electrons. The van der Waals surface area contributed by atoms with Crippen LogP contribution in [-0.2, 0) is 10.0 Å². The van der Waals surface area contributed by atoms with E-state index in [0.717, 1.165) is 12.8 Å². The number of pyridine rings is 1. The molecular weight excluding hydrogens is 306 g/mol. The Morgan fingerprint density at radius 2 is 2.24 bits per heavy atom. The molecule has 1 saturated carbocycles. The van der Waals surface area contributed by atoms with Gasteiger partial charge >= 0.3 is 0 Å². The molecule has 0 unspecified atom stereocenters. The van der Waals surface area contributed by atoms with Gasteiger partial charge in [-0.3, -0.25) is 0 Å². The predicted octanol–water partition coefficient (Wildman–Crippen LogP) is 1.72. The van der Waals surface area contributed by atoms with Crippen molar-refractivity contribution in [3.05, 3.63) is 16.7 Å². The van der Waals surface area contributed by atoms with Crippen molar-refractivity contribution in [1.82, 2.24) is 9.71 Å². The van der Waals surface area contributed by atoms with Gasteiger partial charge in [0.25, 0.3) is 0 Å². The molecule has 0 saturated heterocycles. The molecule has 0 bridgehead atoms. The van der Waals surface area contributed by atoms with E-state index in [2.05, 4.69) is 31.0 Å². The van der Waals surface area contributed by atoms with E-state index in [0.29, 0.717) is 16.8 Å². The van der Waals surface area contributed by atoms with Crippen LogP contribution in [0.3, 0.4) is 0 Å². The summed E-state index contributed by atoms with van der Waals surface area (Å²) in [6, 6.07) is 1.66. The highest BCUT2D eigenvalue weighted by atomic mass is 79.9. The van der Waals surface area contributed by atoms with Gasteiger partial charge in [0.15, 0.2) is 0 Å². The van der Waals surface area contributed by atoms with E-state index < -0.39 is 10.0 Å². The van der Waals surface area contributed by atoms with Gasteiger partial charge in [0, 0.05) is 23.3 Å². The molecule has 0 aliphatic heterocycles. The van der Waals surface area contributed by atoms with Crippen molar-refractivity contribution in [2.24, 2.45) is 0 Å². The van der Waals surface area contributed by atoms with E-state index in [1.54, 1.807) is 12.3 Å². The van der Waals surface area contributed by atoms with E-state index in [4.69, 9.17) is 0 Å². The number of aromatic nitrogens is 1. The van der Waals surface area contributed by atoms with Crippen LogP contribution in [0.15, 0.2) is 21.6 Å². The molecule has 5 nitrogen and oxygen atoms in total. The first-order valence-electron chi connectivity index (χ1n) is 5.44. The van der Waals surface area contributed by atoms with Crippen molar-refractivity contribution in [3.63, 3.8) is 0 Å². The zero-order valence-electron chi connectivity index (χ0n) is 9.40. The van der Waals surface area contributed by atoms with Crippen molar-refractivity contribution in [3.8, 4) is 0 Å². The number of nitrogens with one attached hydrogen (secondary N) is 2. The number of sulfonamides is 1. The van der Waals surface area contributed by atoms with Gasteiger partial charge in [-0.05, 0) is 41.8 Å². The Kier molecular flexibility index (Phi) is 3.70. The Labute approximate surface area is 109 Å². The molecule has 1 aromatic rings. The van der Waals surface area contributed by atoms with Crippen molar-refractivity contribution < 1.29 is 8.42 Å². The highest BCUT2D eigenvalue weighted by molar-refractivity contribution is 9.10. The van der Waals surface area contributed by atoms with E-state index in [1.165, 1.54) is 0 Å². The Hall–Kier alpha value is -0.660. The summed E-state index contributed by atoms with van der Waals surface area (Å²) in [6.45, 7) is 2.52. The van der Waals surface area contributed by atoms with Gasteiger partial charge in [0.2, 0.25) is 10.0 Å². The minimum absolute atomic E-state index is 0.0912. The lowest BCUT2D eigenvalue weighted by molar-refractivity contribution is 0.581. The fourth-order valence-electron chi connectivity index (χ4n) is 1.41. The Balaban J connectivity index is 2.36. The first-order valence-corrected chi connectivity index (χ1v) is 7.72. The number of hydrogen-bond acceptors (Lipinski definition) is 4. The Bertz CT molecular complexity index is 514. The zero-order valence-corrected chi connectivity index (χ0v) is 11.8. The van der Waals surface area contributed by atoms with Crippen molar-refractivity contribution in [2.75, 3.05) is 11.9 Å². The van der Waals surface area contributed by atoms with Crippen LogP contribution in [-0.4, -0.2) is 26.0 Å². The van der Waals surface area contributed by atoms with Crippen molar-refractivity contribution in [2.45, 2.75) is 30.7 Å². The van der Waals surface area contributed by atoms with E-state index in [9.17, 15) is 8.42 Å². The largest absolute Gasteiger partial charge is 0.369 e. The zero-order chi connectivity index (χ0) is 12.5. The van der Waals surface area contributed by atoms with Crippen LogP contribution in [0.2, 0.25) is 0 Å². The monoisotopic (exact) mass is 319 g/mol. The summed E-state index contributed by atoms with van der Waals surface area (Å²) in [5, 5.41) is 2.95. The third kappa shape index (κ3) is 3.17. The van der Waals surface area contributed by atoms with Crippen LogP contribution < -0.4 is 10.0 Å². The molecule has 1 heterocycles. The summed E-state index contributed by atoms with van der Waals surface area (Å²) < 4.78 is 27.5. The minimum atomic E-state index is -3.48. The summed E-state index contributed by atoms with van der Waals surface area (Å²) in [5.41, 5.74) is 0. The van der Waals surface area contributed by atoms with Gasteiger partial charge in [-0.1, -0.05) is 0 Å². The molecule has 2 rings (SSSR count). The third-order valence-corrected chi connectivity index (χ3v) is 4.32. The van der Waals surface area contributed by atoms with E-state index in [1.807, 2.05) is 6.92 Å². The molecule has 0 atom stereocenters. The fraction of sp³-hybridized carbons (Fsp3) is 0.500. The lowest BCUT2D eigenvalue weighted by Gasteiger charge is -2.11. The third-order valence-electron chi connectivity index (χ3n) is 2.35. The average Bonchev–Trinajstić information content (AvgIpc) is 3.04. The minimum Gasteiger partial charge on any atom is -0.369 e. The Morgan fingerprint density at radius 1 is 1.53 bits per heavy atom. The lowest BCUT2D eigenvalue weighted by atomic mass is 10.4. The topological polar surface area (TPSA) is 71.1 Å². The van der Waals surface area contributed by atoms with Crippen molar-refractivity contribution in [1.29, 1.82) is 0 Å². The maximum absolute atomic E-state index is 12.1. The van der Waals surface area contributed by atoms with Gasteiger partial charge in [0.05, 0.1) is 0 Å². The van der Waals surface area contributed by atoms with Crippen LogP contribution in [0.25, 0.3) is 0 Å².